The highest BCUT2D eigenvalue weighted by Gasteiger charge is 2.03. The van der Waals surface area contributed by atoms with E-state index in [1.54, 1.807) is 25.3 Å². The Morgan fingerprint density at radius 3 is 3.06 bits per heavy atom. The van der Waals surface area contributed by atoms with Gasteiger partial charge in [-0.1, -0.05) is 5.92 Å². The summed E-state index contributed by atoms with van der Waals surface area (Å²) in [6, 6.07) is 5.28. The zero-order valence-electron chi connectivity index (χ0n) is 9.84. The maximum Gasteiger partial charge on any atom is 0.184 e. The van der Waals surface area contributed by atoms with E-state index in [0.717, 1.165) is 0 Å². The zero-order valence-corrected chi connectivity index (χ0v) is 10.7. The summed E-state index contributed by atoms with van der Waals surface area (Å²) in [7, 11) is 1.57. The van der Waals surface area contributed by atoms with Crippen LogP contribution in [0.5, 0.6) is 11.5 Å². The van der Waals surface area contributed by atoms with Crippen LogP contribution in [-0.4, -0.2) is 25.0 Å². The van der Waals surface area contributed by atoms with Crippen LogP contribution in [0.1, 0.15) is 5.56 Å². The summed E-state index contributed by atoms with van der Waals surface area (Å²) in [5.74, 6) is 3.67. The normalized spacial score (nSPS) is 9.78. The van der Waals surface area contributed by atoms with Crippen LogP contribution in [0.2, 0.25) is 0 Å². The fraction of sp³-hybridized carbons (Fsp3) is 0.167. The highest BCUT2D eigenvalue weighted by atomic mass is 32.1. The minimum absolute atomic E-state index is 0.0836. The molecular weight excluding hydrogens is 250 g/mol. The van der Waals surface area contributed by atoms with Crippen molar-refractivity contribution in [2.45, 2.75) is 0 Å². The molecule has 0 aliphatic rings. The quantitative estimate of drug-likeness (QED) is 0.357. The van der Waals surface area contributed by atoms with Crippen molar-refractivity contribution in [1.82, 2.24) is 5.43 Å². The van der Waals surface area contributed by atoms with Crippen molar-refractivity contribution in [1.29, 1.82) is 0 Å². The van der Waals surface area contributed by atoms with E-state index in [-0.39, 0.29) is 11.7 Å². The summed E-state index contributed by atoms with van der Waals surface area (Å²) in [4.78, 5) is 0. The summed E-state index contributed by atoms with van der Waals surface area (Å²) in [6.45, 7) is 0.176. The molecule has 0 unspecified atom stereocenters. The predicted octanol–water partition coefficient (Wildman–Crippen LogP) is 0.874. The fourth-order valence-electron chi connectivity index (χ4n) is 1.17. The van der Waals surface area contributed by atoms with Gasteiger partial charge in [0.2, 0.25) is 0 Å². The number of methoxy groups -OCH3 is 1. The number of hydrogen-bond acceptors (Lipinski definition) is 4. The number of hydrogen-bond donors (Lipinski definition) is 2. The molecule has 3 N–H and O–H groups in total. The smallest absolute Gasteiger partial charge is 0.184 e. The molecule has 0 radical (unpaired) electrons. The molecule has 94 valence electrons. The second-order valence-corrected chi connectivity index (χ2v) is 3.57. The first kappa shape index (κ1) is 13.8. The maximum atomic E-state index is 5.37. The molecule has 1 rings (SSSR count). The SMILES string of the molecule is C#CCOc1ccc(OC)cc1/C=N\NC(N)=S. The lowest BCUT2D eigenvalue weighted by Gasteiger charge is -2.08. The molecule has 0 aliphatic heterocycles. The largest absolute Gasteiger partial charge is 0.497 e. The van der Waals surface area contributed by atoms with Gasteiger partial charge in [-0.05, 0) is 30.4 Å². The lowest BCUT2D eigenvalue weighted by molar-refractivity contribution is 0.367. The molecule has 0 aliphatic carbocycles. The molecule has 5 nitrogen and oxygen atoms in total. The molecule has 0 bridgehead atoms. The molecule has 0 saturated heterocycles. The molecule has 0 fully saturated rings. The van der Waals surface area contributed by atoms with Gasteiger partial charge >= 0.3 is 0 Å². The third-order valence-electron chi connectivity index (χ3n) is 1.91. The third kappa shape index (κ3) is 4.31. The summed E-state index contributed by atoms with van der Waals surface area (Å²) >= 11 is 4.63. The third-order valence-corrected chi connectivity index (χ3v) is 2.00. The van der Waals surface area contributed by atoms with Crippen LogP contribution in [-0.2, 0) is 0 Å². The van der Waals surface area contributed by atoms with Gasteiger partial charge in [0.1, 0.15) is 18.1 Å². The number of terminal acetylenes is 1. The summed E-state index contributed by atoms with van der Waals surface area (Å²) in [5, 5.41) is 3.94. The van der Waals surface area contributed by atoms with Gasteiger partial charge in [-0.2, -0.15) is 5.10 Å². The predicted molar refractivity (Wildman–Crippen MR) is 74.8 cm³/mol. The number of thiocarbonyl (C=S) groups is 1. The minimum atomic E-state index is 0.0836. The number of nitrogens with zero attached hydrogens (tertiary/aromatic N) is 1. The first-order valence-corrected chi connectivity index (χ1v) is 5.41. The van der Waals surface area contributed by atoms with Crippen LogP contribution in [0.4, 0.5) is 0 Å². The molecule has 6 heteroatoms. The van der Waals surface area contributed by atoms with Crippen molar-refractivity contribution in [2.75, 3.05) is 13.7 Å². The summed E-state index contributed by atoms with van der Waals surface area (Å²) in [6.07, 6.45) is 6.66. The Bertz CT molecular complexity index is 495. The van der Waals surface area contributed by atoms with Crippen molar-refractivity contribution in [2.24, 2.45) is 10.8 Å². The Labute approximate surface area is 111 Å². The number of nitrogens with two attached hydrogens (primary N) is 1. The van der Waals surface area contributed by atoms with E-state index in [1.807, 2.05) is 0 Å². The van der Waals surface area contributed by atoms with Crippen LogP contribution in [0, 0.1) is 12.3 Å². The van der Waals surface area contributed by atoms with Crippen molar-refractivity contribution in [3.63, 3.8) is 0 Å². The van der Waals surface area contributed by atoms with E-state index in [2.05, 4.69) is 28.7 Å². The highest BCUT2D eigenvalue weighted by molar-refractivity contribution is 7.80. The van der Waals surface area contributed by atoms with Crippen LogP contribution < -0.4 is 20.6 Å². The van der Waals surface area contributed by atoms with Gasteiger partial charge in [-0.15, -0.1) is 6.42 Å². The Hall–Kier alpha value is -2.26. The Morgan fingerprint density at radius 2 is 2.44 bits per heavy atom. The van der Waals surface area contributed by atoms with E-state index < -0.39 is 0 Å². The second kappa shape index (κ2) is 7.14. The highest BCUT2D eigenvalue weighted by Crippen LogP contribution is 2.22. The first-order chi connectivity index (χ1) is 8.67. The van der Waals surface area contributed by atoms with Gasteiger partial charge in [0, 0.05) is 5.56 Å². The Morgan fingerprint density at radius 1 is 1.67 bits per heavy atom. The molecule has 0 atom stereocenters. The topological polar surface area (TPSA) is 68.9 Å². The van der Waals surface area contributed by atoms with Crippen LogP contribution in [0.3, 0.4) is 0 Å². The van der Waals surface area contributed by atoms with Crippen molar-refractivity contribution >= 4 is 23.5 Å². The lowest BCUT2D eigenvalue weighted by Crippen LogP contribution is -2.24. The zero-order chi connectivity index (χ0) is 13.4. The van der Waals surface area contributed by atoms with Gasteiger partial charge in [0.15, 0.2) is 5.11 Å². The molecule has 0 aromatic heterocycles. The van der Waals surface area contributed by atoms with Gasteiger partial charge in [-0.3, -0.25) is 5.43 Å². The number of benzene rings is 1. The maximum absolute atomic E-state index is 5.37. The number of ether oxygens (including phenoxy) is 2. The van der Waals surface area contributed by atoms with Crippen molar-refractivity contribution in [3.05, 3.63) is 23.8 Å². The molecule has 0 saturated carbocycles. The van der Waals surface area contributed by atoms with Gasteiger partial charge in [0.05, 0.1) is 13.3 Å². The minimum Gasteiger partial charge on any atom is -0.497 e. The Balaban J connectivity index is 2.92. The van der Waals surface area contributed by atoms with Gasteiger partial charge in [0.25, 0.3) is 0 Å². The van der Waals surface area contributed by atoms with Gasteiger partial charge in [-0.25, -0.2) is 0 Å². The molecule has 1 aromatic carbocycles. The van der Waals surface area contributed by atoms with Crippen LogP contribution >= 0.6 is 12.2 Å². The summed E-state index contributed by atoms with van der Waals surface area (Å²) < 4.78 is 10.5. The van der Waals surface area contributed by atoms with Crippen molar-refractivity contribution in [3.8, 4) is 23.8 Å². The van der Waals surface area contributed by atoms with E-state index in [9.17, 15) is 0 Å². The first-order valence-electron chi connectivity index (χ1n) is 5.00. The summed E-state index contributed by atoms with van der Waals surface area (Å²) in [5.41, 5.74) is 8.41. The lowest BCUT2D eigenvalue weighted by atomic mass is 10.2. The molecular formula is C12H13N3O2S. The monoisotopic (exact) mass is 263 g/mol. The molecule has 0 spiro atoms. The fourth-order valence-corrected chi connectivity index (χ4v) is 1.22. The van der Waals surface area contributed by atoms with E-state index in [0.29, 0.717) is 17.1 Å². The van der Waals surface area contributed by atoms with Crippen LogP contribution in [0.25, 0.3) is 0 Å². The molecule has 18 heavy (non-hydrogen) atoms. The number of rotatable bonds is 5. The average molecular weight is 263 g/mol. The number of hydrazone groups is 1. The standard InChI is InChI=1S/C12H13N3O2S/c1-3-6-17-11-5-4-10(16-2)7-9(11)8-14-15-12(13)18/h1,4-5,7-8H,6H2,2H3,(H3,13,15,18)/b14-8-. The number of nitrogens with one attached hydrogen (secondary N) is 1. The van der Waals surface area contributed by atoms with Gasteiger partial charge < -0.3 is 15.2 Å². The molecule has 0 heterocycles. The average Bonchev–Trinajstić information content (AvgIpc) is 2.36. The molecule has 1 aromatic rings. The van der Waals surface area contributed by atoms with Crippen molar-refractivity contribution < 1.29 is 9.47 Å². The Kier molecular flexibility index (Phi) is 5.48. The second-order valence-electron chi connectivity index (χ2n) is 3.13. The van der Waals surface area contributed by atoms with Crippen LogP contribution in [0.15, 0.2) is 23.3 Å². The van der Waals surface area contributed by atoms with E-state index in [4.69, 9.17) is 21.6 Å². The van der Waals surface area contributed by atoms with E-state index >= 15 is 0 Å². The van der Waals surface area contributed by atoms with E-state index in [1.165, 1.54) is 6.21 Å². The molecule has 0 amide bonds.